The van der Waals surface area contributed by atoms with Gasteiger partial charge in [0.25, 0.3) is 0 Å². The van der Waals surface area contributed by atoms with Gasteiger partial charge >= 0.3 is 0 Å². The zero-order valence-electron chi connectivity index (χ0n) is 13.7. The third-order valence-corrected chi connectivity index (χ3v) is 6.55. The van der Waals surface area contributed by atoms with Crippen molar-refractivity contribution in [2.24, 2.45) is 0 Å². The van der Waals surface area contributed by atoms with E-state index in [1.54, 1.807) is 4.31 Å². The molecule has 0 unspecified atom stereocenters. The fourth-order valence-corrected chi connectivity index (χ4v) is 4.89. The molecule has 0 saturated carbocycles. The quantitative estimate of drug-likeness (QED) is 0.820. The minimum Gasteiger partial charge on any atom is -0.374 e. The maximum atomic E-state index is 12.5. The molecule has 2 atom stereocenters. The number of benzene rings is 1. The zero-order valence-corrected chi connectivity index (χ0v) is 14.5. The molecular formula is C17H26N2O3S. The molecule has 0 aromatic heterocycles. The molecule has 2 fully saturated rings. The topological polar surface area (TPSA) is 49.9 Å². The largest absolute Gasteiger partial charge is 0.374 e. The Balaban J connectivity index is 1.50. The van der Waals surface area contributed by atoms with Crippen molar-refractivity contribution >= 4 is 10.0 Å². The fraction of sp³-hybridized carbons (Fsp3) is 0.647. The standard InChI is InChI=1S/C17H26N2O3S/c1-15-7-8-17(22-15)13-18-9-11-19(12-10-18)23(20,21)14-16-5-3-2-4-6-16/h2-6,15,17H,7-14H2,1H3/t15-,17-/m0/s1. The van der Waals surface area contributed by atoms with Gasteiger partial charge in [-0.3, -0.25) is 4.90 Å². The summed E-state index contributed by atoms with van der Waals surface area (Å²) in [6, 6.07) is 9.40. The predicted molar refractivity (Wildman–Crippen MR) is 90.6 cm³/mol. The molecule has 2 aliphatic rings. The van der Waals surface area contributed by atoms with Gasteiger partial charge in [-0.15, -0.1) is 0 Å². The highest BCUT2D eigenvalue weighted by Gasteiger charge is 2.29. The van der Waals surface area contributed by atoms with Gasteiger partial charge in [0.1, 0.15) is 0 Å². The van der Waals surface area contributed by atoms with Crippen molar-refractivity contribution < 1.29 is 13.2 Å². The molecule has 6 heteroatoms. The lowest BCUT2D eigenvalue weighted by Gasteiger charge is -2.35. The molecule has 2 saturated heterocycles. The summed E-state index contributed by atoms with van der Waals surface area (Å²) < 4.78 is 32.6. The number of rotatable bonds is 5. The molecular weight excluding hydrogens is 312 g/mol. The number of piperazine rings is 1. The van der Waals surface area contributed by atoms with Crippen LogP contribution in [0.2, 0.25) is 0 Å². The second-order valence-electron chi connectivity index (χ2n) is 6.59. The minimum atomic E-state index is -3.22. The van der Waals surface area contributed by atoms with Crippen LogP contribution in [0.25, 0.3) is 0 Å². The Labute approximate surface area is 139 Å². The first-order valence-electron chi connectivity index (χ1n) is 8.42. The fourth-order valence-electron chi connectivity index (χ4n) is 3.37. The van der Waals surface area contributed by atoms with Gasteiger partial charge in [0.2, 0.25) is 10.0 Å². The second kappa shape index (κ2) is 7.30. The highest BCUT2D eigenvalue weighted by Crippen LogP contribution is 2.21. The maximum Gasteiger partial charge on any atom is 0.218 e. The molecule has 23 heavy (non-hydrogen) atoms. The Kier molecular flexibility index (Phi) is 5.36. The number of nitrogens with zero attached hydrogens (tertiary/aromatic N) is 2. The number of ether oxygens (including phenoxy) is 1. The highest BCUT2D eigenvalue weighted by molar-refractivity contribution is 7.88. The van der Waals surface area contributed by atoms with Crippen LogP contribution in [0.4, 0.5) is 0 Å². The van der Waals surface area contributed by atoms with Crippen LogP contribution in [-0.4, -0.2) is 62.6 Å². The molecule has 1 aromatic rings. The van der Waals surface area contributed by atoms with Crippen molar-refractivity contribution in [2.75, 3.05) is 32.7 Å². The zero-order chi connectivity index (χ0) is 16.3. The van der Waals surface area contributed by atoms with E-state index in [0.717, 1.165) is 38.0 Å². The van der Waals surface area contributed by atoms with Gasteiger partial charge < -0.3 is 4.74 Å². The minimum absolute atomic E-state index is 0.0943. The van der Waals surface area contributed by atoms with E-state index in [9.17, 15) is 8.42 Å². The van der Waals surface area contributed by atoms with Gasteiger partial charge in [-0.25, -0.2) is 8.42 Å². The van der Waals surface area contributed by atoms with E-state index < -0.39 is 10.0 Å². The SMILES string of the molecule is C[C@H]1CC[C@@H](CN2CCN(S(=O)(=O)Cc3ccccc3)CC2)O1. The van der Waals surface area contributed by atoms with Crippen LogP contribution in [0.15, 0.2) is 30.3 Å². The van der Waals surface area contributed by atoms with Gasteiger partial charge in [-0.1, -0.05) is 30.3 Å². The molecule has 128 valence electrons. The number of hydrogen-bond donors (Lipinski definition) is 0. The van der Waals surface area contributed by atoms with Crippen LogP contribution in [0, 0.1) is 0 Å². The van der Waals surface area contributed by atoms with E-state index in [1.165, 1.54) is 0 Å². The lowest BCUT2D eigenvalue weighted by Crippen LogP contribution is -2.50. The number of sulfonamides is 1. The van der Waals surface area contributed by atoms with Crippen molar-refractivity contribution in [3.8, 4) is 0 Å². The van der Waals surface area contributed by atoms with Crippen LogP contribution in [0.3, 0.4) is 0 Å². The van der Waals surface area contributed by atoms with E-state index in [2.05, 4.69) is 11.8 Å². The summed E-state index contributed by atoms with van der Waals surface area (Å²) in [5, 5.41) is 0. The molecule has 3 rings (SSSR count). The highest BCUT2D eigenvalue weighted by atomic mass is 32.2. The first kappa shape index (κ1) is 16.9. The van der Waals surface area contributed by atoms with Crippen molar-refractivity contribution in [3.63, 3.8) is 0 Å². The summed E-state index contributed by atoms with van der Waals surface area (Å²) in [7, 11) is -3.22. The lowest BCUT2D eigenvalue weighted by molar-refractivity contribution is 0.0251. The van der Waals surface area contributed by atoms with E-state index in [-0.39, 0.29) is 5.75 Å². The summed E-state index contributed by atoms with van der Waals surface area (Å²) in [4.78, 5) is 2.33. The van der Waals surface area contributed by atoms with Gasteiger partial charge in [0.15, 0.2) is 0 Å². The molecule has 0 N–H and O–H groups in total. The molecule has 0 bridgehead atoms. The summed E-state index contributed by atoms with van der Waals surface area (Å²) in [5.41, 5.74) is 0.850. The second-order valence-corrected chi connectivity index (χ2v) is 8.56. The summed E-state index contributed by atoms with van der Waals surface area (Å²) in [6.45, 7) is 5.80. The molecule has 0 radical (unpaired) electrons. The lowest BCUT2D eigenvalue weighted by atomic mass is 10.2. The van der Waals surface area contributed by atoms with Crippen molar-refractivity contribution in [3.05, 3.63) is 35.9 Å². The van der Waals surface area contributed by atoms with Crippen molar-refractivity contribution in [2.45, 2.75) is 37.7 Å². The smallest absolute Gasteiger partial charge is 0.218 e. The first-order chi connectivity index (χ1) is 11.0. The molecule has 0 amide bonds. The van der Waals surface area contributed by atoms with Crippen LogP contribution >= 0.6 is 0 Å². The molecule has 5 nitrogen and oxygen atoms in total. The Hall–Kier alpha value is -0.950. The van der Waals surface area contributed by atoms with E-state index in [1.807, 2.05) is 30.3 Å². The normalized spacial score (nSPS) is 27.3. The molecule has 2 aliphatic heterocycles. The molecule has 0 aliphatic carbocycles. The van der Waals surface area contributed by atoms with Gasteiger partial charge in [0, 0.05) is 32.7 Å². The third kappa shape index (κ3) is 4.53. The van der Waals surface area contributed by atoms with E-state index in [0.29, 0.717) is 25.3 Å². The van der Waals surface area contributed by atoms with Gasteiger partial charge in [0.05, 0.1) is 18.0 Å². The van der Waals surface area contributed by atoms with Gasteiger partial charge in [-0.2, -0.15) is 4.31 Å². The van der Waals surface area contributed by atoms with Crippen LogP contribution in [-0.2, 0) is 20.5 Å². The predicted octanol–water partition coefficient (Wildman–Crippen LogP) is 1.70. The summed E-state index contributed by atoms with van der Waals surface area (Å²) >= 11 is 0. The van der Waals surface area contributed by atoms with Crippen LogP contribution in [0.5, 0.6) is 0 Å². The first-order valence-corrected chi connectivity index (χ1v) is 10.0. The molecule has 1 aromatic carbocycles. The van der Waals surface area contributed by atoms with Gasteiger partial charge in [-0.05, 0) is 25.3 Å². The monoisotopic (exact) mass is 338 g/mol. The Morgan fingerprint density at radius 3 is 2.39 bits per heavy atom. The average molecular weight is 338 g/mol. The number of hydrogen-bond acceptors (Lipinski definition) is 4. The van der Waals surface area contributed by atoms with E-state index >= 15 is 0 Å². The maximum absolute atomic E-state index is 12.5. The summed E-state index contributed by atoms with van der Waals surface area (Å²) in [6.07, 6.45) is 2.94. The summed E-state index contributed by atoms with van der Waals surface area (Å²) in [5.74, 6) is 0.0943. The van der Waals surface area contributed by atoms with Crippen LogP contribution < -0.4 is 0 Å². The molecule has 2 heterocycles. The average Bonchev–Trinajstić information content (AvgIpc) is 2.93. The Morgan fingerprint density at radius 2 is 1.78 bits per heavy atom. The Bertz CT molecular complexity index is 598. The molecule has 0 spiro atoms. The van der Waals surface area contributed by atoms with Crippen molar-refractivity contribution in [1.29, 1.82) is 0 Å². The van der Waals surface area contributed by atoms with E-state index in [4.69, 9.17) is 4.74 Å². The Morgan fingerprint density at radius 1 is 1.09 bits per heavy atom. The third-order valence-electron chi connectivity index (χ3n) is 4.70. The van der Waals surface area contributed by atoms with Crippen molar-refractivity contribution in [1.82, 2.24) is 9.21 Å². The van der Waals surface area contributed by atoms with Crippen LogP contribution in [0.1, 0.15) is 25.3 Å².